The molecule has 27 heavy (non-hydrogen) atoms. The van der Waals surface area contributed by atoms with Crippen LogP contribution in [0.2, 0.25) is 0 Å². The van der Waals surface area contributed by atoms with E-state index in [4.69, 9.17) is 5.26 Å². The van der Waals surface area contributed by atoms with E-state index in [9.17, 15) is 10.1 Å². The Balaban J connectivity index is 0.00000182. The molecule has 1 amide bonds. The van der Waals surface area contributed by atoms with E-state index in [-0.39, 0.29) is 43.3 Å². The summed E-state index contributed by atoms with van der Waals surface area (Å²) in [7, 11) is 0. The summed E-state index contributed by atoms with van der Waals surface area (Å²) in [5, 5.41) is 23.2. The molecule has 1 saturated heterocycles. The molecule has 7 nitrogen and oxygen atoms in total. The second-order valence-corrected chi connectivity index (χ2v) is 6.69. The molecule has 144 valence electrons. The molecule has 2 aliphatic heterocycles. The predicted molar refractivity (Wildman–Crippen MR) is 110 cm³/mol. The van der Waals surface area contributed by atoms with Gasteiger partial charge in [-0.1, -0.05) is 0 Å². The van der Waals surface area contributed by atoms with Crippen molar-refractivity contribution in [1.29, 1.82) is 10.5 Å². The number of rotatable bonds is 4. The third-order valence-corrected chi connectivity index (χ3v) is 5.15. The number of hydrogen-bond donors (Lipinski definition) is 1. The van der Waals surface area contributed by atoms with E-state index in [0.29, 0.717) is 17.1 Å². The van der Waals surface area contributed by atoms with Crippen LogP contribution < -0.4 is 10.2 Å². The minimum Gasteiger partial charge on any atom is -0.355 e. The smallest absolute Gasteiger partial charge is 0.242 e. The van der Waals surface area contributed by atoms with Gasteiger partial charge in [0.1, 0.15) is 23.7 Å². The van der Waals surface area contributed by atoms with E-state index in [2.05, 4.69) is 21.3 Å². The summed E-state index contributed by atoms with van der Waals surface area (Å²) in [5.41, 5.74) is 1.01. The van der Waals surface area contributed by atoms with Crippen LogP contribution in [0.5, 0.6) is 0 Å². The van der Waals surface area contributed by atoms with E-state index >= 15 is 0 Å². The number of carbonyl (C=O) groups excluding carboxylic acids is 1. The molecular formula is C17H20Cl2N6OS. The van der Waals surface area contributed by atoms with E-state index in [0.717, 1.165) is 31.7 Å². The molecule has 3 heterocycles. The standard InChI is InChI=1S/C17H18N6OS.2ClH/c18-8-13-2-1-5-20-17(13)22-6-3-14(4-7-22)21-10-16(24)23-12-25-11-15(23)9-19;;/h1-2,5,11,14,21H,3-4,6-7,10,12H2;2*1H. The summed E-state index contributed by atoms with van der Waals surface area (Å²) in [4.78, 5) is 20.2. The maximum atomic E-state index is 12.2. The molecule has 1 N–H and O–H groups in total. The molecule has 2 aliphatic rings. The molecule has 0 spiro atoms. The third-order valence-electron chi connectivity index (χ3n) is 4.35. The highest BCUT2D eigenvalue weighted by molar-refractivity contribution is 8.02. The molecule has 0 aromatic carbocycles. The molecule has 1 fully saturated rings. The molecule has 1 aromatic rings. The number of nitrogens with zero attached hydrogens (tertiary/aromatic N) is 5. The maximum Gasteiger partial charge on any atom is 0.242 e. The monoisotopic (exact) mass is 426 g/mol. The second kappa shape index (κ2) is 11.0. The Kier molecular flexibility index (Phi) is 9.40. The van der Waals surface area contributed by atoms with Crippen LogP contribution >= 0.6 is 36.6 Å². The van der Waals surface area contributed by atoms with Gasteiger partial charge in [-0.15, -0.1) is 36.6 Å². The molecule has 0 saturated carbocycles. The highest BCUT2D eigenvalue weighted by Gasteiger charge is 2.25. The topological polar surface area (TPSA) is 96.1 Å². The lowest BCUT2D eigenvalue weighted by Crippen LogP contribution is -2.46. The molecular weight excluding hydrogens is 407 g/mol. The van der Waals surface area contributed by atoms with Gasteiger partial charge < -0.3 is 10.2 Å². The first-order valence-electron chi connectivity index (χ1n) is 8.08. The fourth-order valence-corrected chi connectivity index (χ4v) is 3.82. The minimum atomic E-state index is -0.0725. The molecule has 0 radical (unpaired) electrons. The third kappa shape index (κ3) is 5.50. The molecule has 0 unspecified atom stereocenters. The van der Waals surface area contributed by atoms with Gasteiger partial charge in [-0.05, 0) is 25.0 Å². The van der Waals surface area contributed by atoms with Crippen molar-refractivity contribution in [2.45, 2.75) is 18.9 Å². The van der Waals surface area contributed by atoms with Crippen LogP contribution in [0.25, 0.3) is 0 Å². The van der Waals surface area contributed by atoms with Crippen molar-refractivity contribution in [2.24, 2.45) is 0 Å². The number of hydrogen-bond acceptors (Lipinski definition) is 7. The summed E-state index contributed by atoms with van der Waals surface area (Å²) in [6.07, 6.45) is 3.46. The zero-order chi connectivity index (χ0) is 17.6. The lowest BCUT2D eigenvalue weighted by molar-refractivity contribution is -0.127. The average molecular weight is 427 g/mol. The first kappa shape index (κ1) is 23.1. The molecule has 3 rings (SSSR count). The number of piperidine rings is 1. The number of halogens is 2. The lowest BCUT2D eigenvalue weighted by Gasteiger charge is -2.33. The highest BCUT2D eigenvalue weighted by Crippen LogP contribution is 2.23. The quantitative estimate of drug-likeness (QED) is 0.787. The van der Waals surface area contributed by atoms with Crippen molar-refractivity contribution in [1.82, 2.24) is 15.2 Å². The van der Waals surface area contributed by atoms with Gasteiger partial charge in [-0.2, -0.15) is 10.5 Å². The predicted octanol–water partition coefficient (Wildman–Crippen LogP) is 2.25. The number of carbonyl (C=O) groups is 1. The summed E-state index contributed by atoms with van der Waals surface area (Å²) in [5.74, 6) is 1.17. The van der Waals surface area contributed by atoms with Gasteiger partial charge in [0.25, 0.3) is 0 Å². The largest absolute Gasteiger partial charge is 0.355 e. The average Bonchev–Trinajstić information content (AvgIpc) is 3.15. The first-order valence-corrected chi connectivity index (χ1v) is 9.13. The summed E-state index contributed by atoms with van der Waals surface area (Å²) in [6, 6.07) is 8.02. The number of nitrogens with one attached hydrogen (secondary N) is 1. The zero-order valence-corrected chi connectivity index (χ0v) is 16.9. The zero-order valence-electron chi connectivity index (χ0n) is 14.5. The van der Waals surface area contributed by atoms with E-state index < -0.39 is 0 Å². The van der Waals surface area contributed by atoms with Gasteiger partial charge in [0.2, 0.25) is 5.91 Å². The number of nitriles is 2. The molecule has 1 aromatic heterocycles. The summed E-state index contributed by atoms with van der Waals surface area (Å²) in [6.45, 7) is 1.82. The van der Waals surface area contributed by atoms with E-state index in [1.807, 2.05) is 6.07 Å². The summed E-state index contributed by atoms with van der Waals surface area (Å²) < 4.78 is 0. The van der Waals surface area contributed by atoms with Gasteiger partial charge in [0.05, 0.1) is 18.0 Å². The van der Waals surface area contributed by atoms with Crippen LogP contribution in [0.1, 0.15) is 18.4 Å². The van der Waals surface area contributed by atoms with Gasteiger partial charge in [0.15, 0.2) is 0 Å². The minimum absolute atomic E-state index is 0. The Morgan fingerprint density at radius 2 is 2.04 bits per heavy atom. The van der Waals surface area contributed by atoms with Crippen molar-refractivity contribution in [2.75, 3.05) is 30.4 Å². The van der Waals surface area contributed by atoms with Crippen LogP contribution in [0.4, 0.5) is 5.82 Å². The molecule has 0 aliphatic carbocycles. The number of amides is 1. The number of allylic oxidation sites excluding steroid dienone is 1. The number of pyridine rings is 1. The van der Waals surface area contributed by atoms with Crippen molar-refractivity contribution < 1.29 is 4.79 Å². The molecule has 0 bridgehead atoms. The Hall–Kier alpha value is -1.97. The lowest BCUT2D eigenvalue weighted by atomic mass is 10.0. The van der Waals surface area contributed by atoms with Gasteiger partial charge in [0, 0.05) is 30.7 Å². The maximum absolute atomic E-state index is 12.2. The SMILES string of the molecule is Cl.Cl.N#CC1=CSCN1C(=O)CNC1CCN(c2ncccc2C#N)CC1. The number of aromatic nitrogens is 1. The van der Waals surface area contributed by atoms with Crippen LogP contribution in [-0.2, 0) is 4.79 Å². The van der Waals surface area contributed by atoms with Gasteiger partial charge in [-0.25, -0.2) is 4.98 Å². The highest BCUT2D eigenvalue weighted by atomic mass is 35.5. The van der Waals surface area contributed by atoms with Gasteiger partial charge >= 0.3 is 0 Å². The van der Waals surface area contributed by atoms with E-state index in [1.165, 1.54) is 16.7 Å². The first-order chi connectivity index (χ1) is 12.2. The molecule has 10 heteroatoms. The molecule has 0 atom stereocenters. The fourth-order valence-electron chi connectivity index (χ4n) is 2.98. The van der Waals surface area contributed by atoms with Crippen LogP contribution in [0.3, 0.4) is 0 Å². The fraction of sp³-hybridized carbons (Fsp3) is 0.412. The van der Waals surface area contributed by atoms with Crippen molar-refractivity contribution in [3.8, 4) is 12.1 Å². The van der Waals surface area contributed by atoms with Crippen molar-refractivity contribution in [3.63, 3.8) is 0 Å². The number of thioether (sulfide) groups is 1. The number of anilines is 1. The van der Waals surface area contributed by atoms with Crippen LogP contribution in [0.15, 0.2) is 29.4 Å². The Morgan fingerprint density at radius 3 is 2.70 bits per heavy atom. The van der Waals surface area contributed by atoms with Crippen molar-refractivity contribution in [3.05, 3.63) is 35.0 Å². The van der Waals surface area contributed by atoms with E-state index in [1.54, 1.807) is 23.7 Å². The van der Waals surface area contributed by atoms with Gasteiger partial charge in [-0.3, -0.25) is 9.69 Å². The summed E-state index contributed by atoms with van der Waals surface area (Å²) >= 11 is 1.46. The van der Waals surface area contributed by atoms with Crippen LogP contribution in [-0.4, -0.2) is 47.3 Å². The second-order valence-electron chi connectivity index (χ2n) is 5.86. The normalized spacial score (nSPS) is 16.4. The van der Waals surface area contributed by atoms with Crippen molar-refractivity contribution >= 4 is 48.3 Å². The Bertz CT molecular complexity index is 767. The van der Waals surface area contributed by atoms with Crippen LogP contribution in [0, 0.1) is 22.7 Å². The Labute approximate surface area is 175 Å². The Morgan fingerprint density at radius 1 is 1.30 bits per heavy atom.